The normalized spacial score (nSPS) is 10.7. The highest BCUT2D eigenvalue weighted by atomic mass is 127. The number of amides is 1. The Morgan fingerprint density at radius 2 is 1.79 bits per heavy atom. The van der Waals surface area contributed by atoms with E-state index < -0.39 is 0 Å². The molecule has 0 saturated carbocycles. The van der Waals surface area contributed by atoms with Gasteiger partial charge in [0.05, 0.1) is 6.54 Å². The van der Waals surface area contributed by atoms with E-state index in [0.29, 0.717) is 31.3 Å². The van der Waals surface area contributed by atoms with E-state index in [1.165, 1.54) is 0 Å². The van der Waals surface area contributed by atoms with Crippen molar-refractivity contribution in [2.45, 2.75) is 26.9 Å². The number of halogens is 2. The number of ether oxygens (including phenoxy) is 1. The minimum absolute atomic E-state index is 0. The maximum atomic E-state index is 11.5. The van der Waals surface area contributed by atoms with Gasteiger partial charge in [0.2, 0.25) is 0 Å². The van der Waals surface area contributed by atoms with Crippen molar-refractivity contribution in [2.75, 3.05) is 19.7 Å². The predicted molar refractivity (Wildman–Crippen MR) is 129 cm³/mol. The topological polar surface area (TPSA) is 74.8 Å². The zero-order valence-corrected chi connectivity index (χ0v) is 19.8. The van der Waals surface area contributed by atoms with Crippen molar-refractivity contribution in [1.29, 1.82) is 0 Å². The highest BCUT2D eigenvalue weighted by Crippen LogP contribution is 2.15. The molecule has 158 valence electrons. The van der Waals surface area contributed by atoms with Crippen LogP contribution < -0.4 is 20.7 Å². The van der Waals surface area contributed by atoms with Gasteiger partial charge in [-0.1, -0.05) is 41.9 Å². The lowest BCUT2D eigenvalue weighted by molar-refractivity contribution is -0.122. The first kappa shape index (κ1) is 25.0. The van der Waals surface area contributed by atoms with Gasteiger partial charge in [-0.25, -0.2) is 4.99 Å². The van der Waals surface area contributed by atoms with Gasteiger partial charge in [-0.2, -0.15) is 0 Å². The van der Waals surface area contributed by atoms with Gasteiger partial charge in [-0.3, -0.25) is 4.79 Å². The van der Waals surface area contributed by atoms with Crippen LogP contribution in [0.1, 0.15) is 25.0 Å². The number of carbonyl (C=O) groups is 1. The Bertz CT molecular complexity index is 802. The van der Waals surface area contributed by atoms with Crippen molar-refractivity contribution < 1.29 is 9.53 Å². The molecule has 0 aliphatic heterocycles. The third-order valence-corrected chi connectivity index (χ3v) is 4.18. The van der Waals surface area contributed by atoms with Crippen LogP contribution >= 0.6 is 35.6 Å². The molecule has 0 saturated heterocycles. The third kappa shape index (κ3) is 9.36. The zero-order valence-electron chi connectivity index (χ0n) is 16.7. The highest BCUT2D eigenvalue weighted by Gasteiger charge is 2.04. The second-order valence-electron chi connectivity index (χ2n) is 6.03. The Balaban J connectivity index is 0.00000420. The molecule has 8 heteroatoms. The first-order valence-electron chi connectivity index (χ1n) is 9.36. The largest absolute Gasteiger partial charge is 0.484 e. The van der Waals surface area contributed by atoms with E-state index in [-0.39, 0.29) is 36.5 Å². The number of hydrogen-bond acceptors (Lipinski definition) is 3. The summed E-state index contributed by atoms with van der Waals surface area (Å²) in [6, 6.07) is 15.3. The molecule has 0 bridgehead atoms. The minimum Gasteiger partial charge on any atom is -0.484 e. The van der Waals surface area contributed by atoms with E-state index in [0.717, 1.165) is 22.7 Å². The van der Waals surface area contributed by atoms with Crippen LogP contribution in [0.5, 0.6) is 5.75 Å². The van der Waals surface area contributed by atoms with Crippen LogP contribution in [0.15, 0.2) is 53.5 Å². The molecule has 0 atom stereocenters. The van der Waals surface area contributed by atoms with Gasteiger partial charge in [0.25, 0.3) is 5.91 Å². The lowest BCUT2D eigenvalue weighted by Crippen LogP contribution is -2.36. The molecule has 0 aromatic heterocycles. The van der Waals surface area contributed by atoms with Crippen LogP contribution in [0.4, 0.5) is 0 Å². The van der Waals surface area contributed by atoms with Crippen molar-refractivity contribution in [3.05, 3.63) is 64.7 Å². The summed E-state index contributed by atoms with van der Waals surface area (Å²) in [6.07, 6.45) is 0. The average Bonchev–Trinajstić information content (AvgIpc) is 2.70. The number of nitrogens with one attached hydrogen (secondary N) is 3. The van der Waals surface area contributed by atoms with Crippen molar-refractivity contribution in [3.8, 4) is 5.75 Å². The van der Waals surface area contributed by atoms with Gasteiger partial charge in [-0.05, 0) is 43.2 Å². The molecule has 29 heavy (non-hydrogen) atoms. The van der Waals surface area contributed by atoms with Gasteiger partial charge in [0, 0.05) is 24.7 Å². The van der Waals surface area contributed by atoms with Gasteiger partial charge in [0.1, 0.15) is 5.75 Å². The van der Waals surface area contributed by atoms with Gasteiger partial charge < -0.3 is 20.7 Å². The van der Waals surface area contributed by atoms with Gasteiger partial charge in [-0.15, -0.1) is 24.0 Å². The van der Waals surface area contributed by atoms with E-state index in [1.54, 1.807) is 0 Å². The molecule has 0 fully saturated rings. The van der Waals surface area contributed by atoms with E-state index in [1.807, 2.05) is 62.4 Å². The van der Waals surface area contributed by atoms with Crippen LogP contribution in [0.25, 0.3) is 0 Å². The lowest BCUT2D eigenvalue weighted by Gasteiger charge is -2.12. The number of nitrogens with zero attached hydrogens (tertiary/aromatic N) is 1. The molecule has 6 nitrogen and oxygen atoms in total. The summed E-state index contributed by atoms with van der Waals surface area (Å²) in [5.74, 6) is 1.22. The molecule has 2 aromatic rings. The standard InChI is InChI=1S/C21H27ClN4O2.HI/c1-3-23-20(27)15-28-18-10-7-8-16(12-18)13-25-21(24-4-2)26-14-17-9-5-6-11-19(17)22;/h5-12H,3-4,13-15H2,1-2H3,(H,23,27)(H2,24,25,26);1H. The van der Waals surface area contributed by atoms with Crippen molar-refractivity contribution in [3.63, 3.8) is 0 Å². The molecule has 0 unspecified atom stereocenters. The fourth-order valence-corrected chi connectivity index (χ4v) is 2.67. The van der Waals surface area contributed by atoms with E-state index >= 15 is 0 Å². The molecule has 1 amide bonds. The molecule has 2 rings (SSSR count). The number of rotatable bonds is 9. The Morgan fingerprint density at radius 1 is 1.03 bits per heavy atom. The molecule has 0 aliphatic rings. The Labute approximate surface area is 194 Å². The first-order valence-corrected chi connectivity index (χ1v) is 9.74. The Morgan fingerprint density at radius 3 is 2.52 bits per heavy atom. The monoisotopic (exact) mass is 530 g/mol. The molecule has 0 heterocycles. The highest BCUT2D eigenvalue weighted by molar-refractivity contribution is 14.0. The average molecular weight is 531 g/mol. The predicted octanol–water partition coefficient (Wildman–Crippen LogP) is 3.73. The summed E-state index contributed by atoms with van der Waals surface area (Å²) in [6.45, 7) is 6.30. The SMILES string of the molecule is CCNC(=O)COc1cccc(CN=C(NCC)NCc2ccccc2Cl)c1.I. The fourth-order valence-electron chi connectivity index (χ4n) is 2.46. The summed E-state index contributed by atoms with van der Waals surface area (Å²) < 4.78 is 5.53. The van der Waals surface area contributed by atoms with E-state index in [4.69, 9.17) is 16.3 Å². The number of aliphatic imine (C=N–C) groups is 1. The molecule has 3 N–H and O–H groups in total. The van der Waals surface area contributed by atoms with Crippen molar-refractivity contribution >= 4 is 47.4 Å². The first-order chi connectivity index (χ1) is 13.6. The van der Waals surface area contributed by atoms with Crippen LogP contribution in [-0.2, 0) is 17.9 Å². The Kier molecular flexibility index (Phi) is 12.1. The van der Waals surface area contributed by atoms with E-state index in [2.05, 4.69) is 20.9 Å². The molecule has 0 aliphatic carbocycles. The fraction of sp³-hybridized carbons (Fsp3) is 0.333. The van der Waals surface area contributed by atoms with Gasteiger partial charge >= 0.3 is 0 Å². The summed E-state index contributed by atoms with van der Waals surface area (Å²) >= 11 is 6.20. The zero-order chi connectivity index (χ0) is 20.2. The number of guanidine groups is 1. The quantitative estimate of drug-likeness (QED) is 0.262. The Hall–Kier alpha value is -2.00. The van der Waals surface area contributed by atoms with Crippen LogP contribution in [0.2, 0.25) is 5.02 Å². The number of likely N-dealkylation sites (N-methyl/N-ethyl adjacent to an activating group) is 1. The number of benzene rings is 2. The molecule has 0 radical (unpaired) electrons. The molecule has 2 aromatic carbocycles. The van der Waals surface area contributed by atoms with Gasteiger partial charge in [0.15, 0.2) is 12.6 Å². The summed E-state index contributed by atoms with van der Waals surface area (Å²) in [5, 5.41) is 9.94. The smallest absolute Gasteiger partial charge is 0.257 e. The summed E-state index contributed by atoms with van der Waals surface area (Å²) in [4.78, 5) is 16.1. The molecule has 0 spiro atoms. The summed E-state index contributed by atoms with van der Waals surface area (Å²) in [5.41, 5.74) is 2.00. The maximum Gasteiger partial charge on any atom is 0.257 e. The summed E-state index contributed by atoms with van der Waals surface area (Å²) in [7, 11) is 0. The number of carbonyl (C=O) groups excluding carboxylic acids is 1. The third-order valence-electron chi connectivity index (χ3n) is 3.81. The van der Waals surface area contributed by atoms with E-state index in [9.17, 15) is 4.79 Å². The molecular formula is C21H28ClIN4O2. The molecular weight excluding hydrogens is 503 g/mol. The second-order valence-corrected chi connectivity index (χ2v) is 6.44. The van der Waals surface area contributed by atoms with Crippen LogP contribution in [-0.4, -0.2) is 31.6 Å². The maximum absolute atomic E-state index is 11.5. The second kappa shape index (κ2) is 14.1. The number of hydrogen-bond donors (Lipinski definition) is 3. The lowest BCUT2D eigenvalue weighted by atomic mass is 10.2. The van der Waals surface area contributed by atoms with Crippen LogP contribution in [0.3, 0.4) is 0 Å². The van der Waals surface area contributed by atoms with Crippen molar-refractivity contribution in [2.24, 2.45) is 4.99 Å². The van der Waals surface area contributed by atoms with Crippen LogP contribution in [0, 0.1) is 0 Å². The van der Waals surface area contributed by atoms with Crippen molar-refractivity contribution in [1.82, 2.24) is 16.0 Å². The minimum atomic E-state index is -0.135.